The van der Waals surface area contributed by atoms with E-state index in [1.54, 1.807) is 4.90 Å². The highest BCUT2D eigenvalue weighted by molar-refractivity contribution is 6.04. The fraction of sp³-hybridized carbons (Fsp3) is 0.300. The Morgan fingerprint density at radius 1 is 1.21 bits per heavy atom. The van der Waals surface area contributed by atoms with E-state index in [0.29, 0.717) is 5.75 Å². The van der Waals surface area contributed by atoms with Crippen molar-refractivity contribution in [2.45, 2.75) is 20.3 Å². The molecule has 1 aliphatic heterocycles. The zero-order valence-corrected chi connectivity index (χ0v) is 15.9. The molecule has 2 aromatic rings. The molecule has 0 aromatic heterocycles. The molecule has 146 valence electrons. The third kappa shape index (κ3) is 3.80. The van der Waals surface area contributed by atoms with Crippen LogP contribution in [0.5, 0.6) is 5.75 Å². The van der Waals surface area contributed by atoms with Crippen LogP contribution in [0.25, 0.3) is 0 Å². The monoisotopic (exact) mass is 383 g/mol. The van der Waals surface area contributed by atoms with Crippen LogP contribution < -0.4 is 15.0 Å². The zero-order chi connectivity index (χ0) is 20.4. The van der Waals surface area contributed by atoms with Crippen LogP contribution >= 0.6 is 0 Å². The summed E-state index contributed by atoms with van der Waals surface area (Å²) in [5.41, 5.74) is 2.74. The van der Waals surface area contributed by atoms with E-state index >= 15 is 0 Å². The number of carbonyl (C=O) groups is 2. The van der Waals surface area contributed by atoms with E-state index in [2.05, 4.69) is 5.32 Å². The van der Waals surface area contributed by atoms with Crippen molar-refractivity contribution >= 4 is 28.9 Å². The summed E-state index contributed by atoms with van der Waals surface area (Å²) in [4.78, 5) is 37.3. The average molecular weight is 383 g/mol. The normalized spacial score (nSPS) is 16.2. The van der Waals surface area contributed by atoms with E-state index in [-0.39, 0.29) is 30.2 Å². The van der Waals surface area contributed by atoms with Crippen molar-refractivity contribution < 1.29 is 19.2 Å². The number of rotatable bonds is 5. The number of amides is 2. The molecule has 8 nitrogen and oxygen atoms in total. The molecule has 1 saturated heterocycles. The van der Waals surface area contributed by atoms with Crippen molar-refractivity contribution in [3.63, 3.8) is 0 Å². The summed E-state index contributed by atoms with van der Waals surface area (Å²) >= 11 is 0. The number of aryl methyl sites for hydroxylation is 2. The number of ether oxygens (including phenoxy) is 1. The molecule has 3 rings (SSSR count). The molecule has 0 spiro atoms. The van der Waals surface area contributed by atoms with Gasteiger partial charge in [0.25, 0.3) is 5.69 Å². The van der Waals surface area contributed by atoms with Crippen molar-refractivity contribution in [3.8, 4) is 5.75 Å². The first-order valence-electron chi connectivity index (χ1n) is 8.81. The Hall–Kier alpha value is -3.42. The molecule has 2 amide bonds. The minimum absolute atomic E-state index is 0.0476. The van der Waals surface area contributed by atoms with Crippen LogP contribution in [-0.2, 0) is 9.59 Å². The molecule has 1 aliphatic rings. The van der Waals surface area contributed by atoms with Gasteiger partial charge in [0, 0.05) is 30.8 Å². The maximum Gasteiger partial charge on any atom is 0.293 e. The third-order valence-electron chi connectivity index (χ3n) is 4.96. The van der Waals surface area contributed by atoms with Crippen LogP contribution in [0.2, 0.25) is 0 Å². The van der Waals surface area contributed by atoms with Crippen molar-refractivity contribution in [1.82, 2.24) is 0 Å². The molecule has 1 atom stereocenters. The van der Waals surface area contributed by atoms with Gasteiger partial charge in [-0.25, -0.2) is 0 Å². The summed E-state index contributed by atoms with van der Waals surface area (Å²) in [5.74, 6) is -0.792. The standard InChI is InChI=1S/C20H21N3O5/c1-12-4-5-15(8-13(12)2)22-11-14(9-19(22)24)20(25)21-17-10-16(28-3)6-7-18(17)23(26)27/h4-8,10,14H,9,11H2,1-3H3,(H,21,25)/t14-/m1/s1. The number of nitro groups is 1. The Bertz CT molecular complexity index is 957. The number of hydrogen-bond acceptors (Lipinski definition) is 5. The van der Waals surface area contributed by atoms with Gasteiger partial charge < -0.3 is 15.0 Å². The second kappa shape index (κ2) is 7.67. The summed E-state index contributed by atoms with van der Waals surface area (Å²) in [6, 6.07) is 9.83. The summed E-state index contributed by atoms with van der Waals surface area (Å²) in [6.45, 7) is 4.18. The van der Waals surface area contributed by atoms with Crippen LogP contribution in [0.4, 0.5) is 17.1 Å². The number of nitro benzene ring substituents is 1. The number of carbonyl (C=O) groups excluding carboxylic acids is 2. The van der Waals surface area contributed by atoms with Gasteiger partial charge in [-0.05, 0) is 43.2 Å². The Balaban J connectivity index is 1.78. The van der Waals surface area contributed by atoms with Crippen molar-refractivity contribution in [1.29, 1.82) is 0 Å². The van der Waals surface area contributed by atoms with E-state index < -0.39 is 16.7 Å². The highest BCUT2D eigenvalue weighted by Gasteiger charge is 2.36. The lowest BCUT2D eigenvalue weighted by Crippen LogP contribution is -2.28. The second-order valence-electron chi connectivity index (χ2n) is 6.80. The minimum Gasteiger partial charge on any atom is -0.497 e. The van der Waals surface area contributed by atoms with Gasteiger partial charge in [0.15, 0.2) is 0 Å². The van der Waals surface area contributed by atoms with Crippen LogP contribution in [-0.4, -0.2) is 30.4 Å². The SMILES string of the molecule is COc1ccc([N+](=O)[O-])c(NC(=O)[C@@H]2CC(=O)N(c3ccc(C)c(C)c3)C2)c1. The topological polar surface area (TPSA) is 102 Å². The van der Waals surface area contributed by atoms with E-state index in [0.717, 1.165) is 16.8 Å². The second-order valence-corrected chi connectivity index (χ2v) is 6.80. The van der Waals surface area contributed by atoms with Gasteiger partial charge >= 0.3 is 0 Å². The smallest absolute Gasteiger partial charge is 0.293 e. The van der Waals surface area contributed by atoms with Crippen LogP contribution in [0.1, 0.15) is 17.5 Å². The first-order chi connectivity index (χ1) is 13.3. The number of anilines is 2. The first-order valence-corrected chi connectivity index (χ1v) is 8.81. The van der Waals surface area contributed by atoms with Crippen LogP contribution in [0.15, 0.2) is 36.4 Å². The van der Waals surface area contributed by atoms with Gasteiger partial charge in [-0.3, -0.25) is 19.7 Å². The number of nitrogens with zero attached hydrogens (tertiary/aromatic N) is 2. The van der Waals surface area contributed by atoms with E-state index in [1.807, 2.05) is 32.0 Å². The molecule has 8 heteroatoms. The summed E-state index contributed by atoms with van der Waals surface area (Å²) in [5, 5.41) is 13.8. The molecule has 28 heavy (non-hydrogen) atoms. The molecule has 0 bridgehead atoms. The predicted molar refractivity (Wildman–Crippen MR) is 105 cm³/mol. The molecular formula is C20H21N3O5. The fourth-order valence-corrected chi connectivity index (χ4v) is 3.16. The van der Waals surface area contributed by atoms with Gasteiger partial charge in [0.1, 0.15) is 11.4 Å². The van der Waals surface area contributed by atoms with Crippen molar-refractivity contribution in [3.05, 3.63) is 57.6 Å². The molecule has 0 aliphatic carbocycles. The summed E-state index contributed by atoms with van der Waals surface area (Å²) < 4.78 is 5.07. The first kappa shape index (κ1) is 19.3. The minimum atomic E-state index is -0.597. The maximum absolute atomic E-state index is 12.7. The summed E-state index contributed by atoms with van der Waals surface area (Å²) in [7, 11) is 1.43. The number of hydrogen-bond donors (Lipinski definition) is 1. The van der Waals surface area contributed by atoms with Gasteiger partial charge in [-0.15, -0.1) is 0 Å². The van der Waals surface area contributed by atoms with Crippen molar-refractivity contribution in [2.75, 3.05) is 23.9 Å². The van der Waals surface area contributed by atoms with Crippen LogP contribution in [0, 0.1) is 29.9 Å². The largest absolute Gasteiger partial charge is 0.497 e. The lowest BCUT2D eigenvalue weighted by atomic mass is 10.1. The zero-order valence-electron chi connectivity index (χ0n) is 15.9. The Morgan fingerprint density at radius 2 is 1.96 bits per heavy atom. The Kier molecular flexibility index (Phi) is 5.30. The molecule has 0 saturated carbocycles. The number of methoxy groups -OCH3 is 1. The van der Waals surface area contributed by atoms with Gasteiger partial charge in [-0.1, -0.05) is 6.07 Å². The maximum atomic E-state index is 12.7. The van der Waals surface area contributed by atoms with Gasteiger partial charge in [-0.2, -0.15) is 0 Å². The van der Waals surface area contributed by atoms with E-state index in [9.17, 15) is 19.7 Å². The Labute approximate surface area is 162 Å². The molecular weight excluding hydrogens is 362 g/mol. The highest BCUT2D eigenvalue weighted by atomic mass is 16.6. The van der Waals surface area contributed by atoms with Gasteiger partial charge in [0.2, 0.25) is 11.8 Å². The fourth-order valence-electron chi connectivity index (χ4n) is 3.16. The lowest BCUT2D eigenvalue weighted by Gasteiger charge is -2.18. The van der Waals surface area contributed by atoms with Crippen molar-refractivity contribution in [2.24, 2.45) is 5.92 Å². The summed E-state index contributed by atoms with van der Waals surface area (Å²) in [6.07, 6.45) is 0.0521. The third-order valence-corrected chi connectivity index (χ3v) is 4.96. The van der Waals surface area contributed by atoms with E-state index in [4.69, 9.17) is 4.74 Å². The predicted octanol–water partition coefficient (Wildman–Crippen LogP) is 3.21. The molecule has 0 radical (unpaired) electrons. The molecule has 1 fully saturated rings. The van der Waals surface area contributed by atoms with Crippen LogP contribution in [0.3, 0.4) is 0 Å². The molecule has 2 aromatic carbocycles. The highest BCUT2D eigenvalue weighted by Crippen LogP contribution is 2.31. The number of nitrogens with one attached hydrogen (secondary N) is 1. The van der Waals surface area contributed by atoms with E-state index in [1.165, 1.54) is 25.3 Å². The number of benzene rings is 2. The average Bonchev–Trinajstić information content (AvgIpc) is 3.05. The molecule has 1 N–H and O–H groups in total. The van der Waals surface area contributed by atoms with Gasteiger partial charge in [0.05, 0.1) is 18.0 Å². The lowest BCUT2D eigenvalue weighted by molar-refractivity contribution is -0.383. The Morgan fingerprint density at radius 3 is 2.61 bits per heavy atom. The quantitative estimate of drug-likeness (QED) is 0.631. The molecule has 1 heterocycles. The molecule has 0 unspecified atom stereocenters.